The van der Waals surface area contributed by atoms with Gasteiger partial charge in [0.1, 0.15) is 4.95 Å². The van der Waals surface area contributed by atoms with E-state index in [1.807, 2.05) is 6.07 Å². The molecule has 0 aliphatic heterocycles. The highest BCUT2D eigenvalue weighted by atomic mass is 79.9. The normalized spacial score (nSPS) is 12.9. The van der Waals surface area contributed by atoms with Crippen LogP contribution in [0.2, 0.25) is 0 Å². The van der Waals surface area contributed by atoms with Gasteiger partial charge in [0.05, 0.1) is 0 Å². The zero-order valence-corrected chi connectivity index (χ0v) is 8.88. The van der Waals surface area contributed by atoms with Crippen LogP contribution in [0.5, 0.6) is 0 Å². The van der Waals surface area contributed by atoms with Crippen molar-refractivity contribution in [3.05, 3.63) is 34.7 Å². The van der Waals surface area contributed by atoms with Crippen molar-refractivity contribution in [2.75, 3.05) is 5.33 Å². The molecule has 4 heteroatoms. The molecule has 0 aliphatic carbocycles. The molecule has 0 N–H and O–H groups in total. The molecule has 0 radical (unpaired) electrons. The van der Waals surface area contributed by atoms with Crippen molar-refractivity contribution < 1.29 is 0 Å². The van der Waals surface area contributed by atoms with Crippen LogP contribution in [-0.2, 0) is 0 Å². The van der Waals surface area contributed by atoms with E-state index in [2.05, 4.69) is 31.9 Å². The number of hydrogen-bond donors (Lipinski definition) is 0. The Hall–Kier alpha value is -0.0900. The number of hydrogen-bond acceptors (Lipinski definition) is 1. The fraction of sp³-hybridized carbons (Fsp3) is 0.286. The predicted octanol–water partition coefficient (Wildman–Crippen LogP) is 2.14. The van der Waals surface area contributed by atoms with Gasteiger partial charge in [0.15, 0.2) is 0 Å². The first-order chi connectivity index (χ1) is 5.25. The fourth-order valence-electron chi connectivity index (χ4n) is 0.746. The van der Waals surface area contributed by atoms with Crippen LogP contribution < -0.4 is 5.56 Å². The van der Waals surface area contributed by atoms with Crippen LogP contribution in [0, 0.1) is 0 Å². The van der Waals surface area contributed by atoms with E-state index in [-0.39, 0.29) is 10.5 Å². The third-order valence-corrected chi connectivity index (χ3v) is 3.53. The molecule has 1 rings (SSSR count). The van der Waals surface area contributed by atoms with E-state index in [9.17, 15) is 4.79 Å². The fourth-order valence-corrected chi connectivity index (χ4v) is 1.40. The highest BCUT2D eigenvalue weighted by Gasteiger charge is 2.03. The Bertz CT molecular complexity index is 284. The topological polar surface area (TPSA) is 22.0 Å². The van der Waals surface area contributed by atoms with Crippen LogP contribution in [0.15, 0.2) is 29.2 Å². The van der Waals surface area contributed by atoms with E-state index >= 15 is 0 Å². The van der Waals surface area contributed by atoms with Crippen molar-refractivity contribution in [3.8, 4) is 0 Å². The highest BCUT2D eigenvalue weighted by molar-refractivity contribution is 9.11. The van der Waals surface area contributed by atoms with E-state index in [1.54, 1.807) is 16.8 Å². The number of alkyl halides is 2. The molecule has 0 spiro atoms. The zero-order valence-electron chi connectivity index (χ0n) is 5.71. The third kappa shape index (κ3) is 2.17. The van der Waals surface area contributed by atoms with Gasteiger partial charge in [-0.05, 0) is 6.07 Å². The van der Waals surface area contributed by atoms with Gasteiger partial charge in [-0.3, -0.25) is 4.79 Å². The zero-order chi connectivity index (χ0) is 8.27. The van der Waals surface area contributed by atoms with Crippen LogP contribution >= 0.6 is 31.9 Å². The molecule has 1 aromatic heterocycles. The lowest BCUT2D eigenvalue weighted by Gasteiger charge is -2.08. The molecule has 11 heavy (non-hydrogen) atoms. The first-order valence-corrected chi connectivity index (χ1v) is 5.16. The summed E-state index contributed by atoms with van der Waals surface area (Å²) in [5.74, 6) is 0. The van der Waals surface area contributed by atoms with E-state index in [0.717, 1.165) is 5.33 Å². The van der Waals surface area contributed by atoms with Crippen LogP contribution in [0.1, 0.15) is 4.95 Å². The average Bonchev–Trinajstić information content (AvgIpc) is 2.04. The van der Waals surface area contributed by atoms with Crippen molar-refractivity contribution in [2.45, 2.75) is 4.95 Å². The standard InChI is InChI=1S/C7H7Br2NO/c8-5-6(9)10-4-2-1-3-7(10)11/h1-4,6H,5H2. The van der Waals surface area contributed by atoms with Gasteiger partial charge in [0.25, 0.3) is 5.56 Å². The smallest absolute Gasteiger partial charge is 0.251 e. The summed E-state index contributed by atoms with van der Waals surface area (Å²) in [6, 6.07) is 5.10. The maximum Gasteiger partial charge on any atom is 0.251 e. The number of nitrogens with zero attached hydrogens (tertiary/aromatic N) is 1. The minimum atomic E-state index is 0.00817. The molecule has 0 aromatic carbocycles. The van der Waals surface area contributed by atoms with Crippen molar-refractivity contribution in [3.63, 3.8) is 0 Å². The number of pyridine rings is 1. The van der Waals surface area contributed by atoms with Gasteiger partial charge in [-0.2, -0.15) is 0 Å². The van der Waals surface area contributed by atoms with Gasteiger partial charge in [-0.25, -0.2) is 0 Å². The molecule has 1 heterocycles. The molecular formula is C7H7Br2NO. The molecule has 2 nitrogen and oxygen atoms in total. The van der Waals surface area contributed by atoms with E-state index in [0.29, 0.717) is 0 Å². The summed E-state index contributed by atoms with van der Waals surface area (Å²) < 4.78 is 1.62. The lowest BCUT2D eigenvalue weighted by Crippen LogP contribution is -2.20. The second-order valence-electron chi connectivity index (χ2n) is 2.03. The minimum Gasteiger partial charge on any atom is -0.302 e. The minimum absolute atomic E-state index is 0.00817. The Morgan fingerprint density at radius 1 is 1.55 bits per heavy atom. The summed E-state index contributed by atoms with van der Waals surface area (Å²) in [6.45, 7) is 0. The Kier molecular flexibility index (Phi) is 3.33. The van der Waals surface area contributed by atoms with Crippen LogP contribution in [0.25, 0.3) is 0 Å². The molecule has 1 aromatic rings. The third-order valence-electron chi connectivity index (χ3n) is 1.28. The summed E-state index contributed by atoms with van der Waals surface area (Å²) in [6.07, 6.45) is 1.75. The first-order valence-electron chi connectivity index (χ1n) is 3.13. The Morgan fingerprint density at radius 3 is 2.82 bits per heavy atom. The molecule has 1 unspecified atom stereocenters. The van der Waals surface area contributed by atoms with E-state index < -0.39 is 0 Å². The maximum absolute atomic E-state index is 11.1. The molecular weight excluding hydrogens is 274 g/mol. The Labute approximate surface area is 81.5 Å². The monoisotopic (exact) mass is 279 g/mol. The molecule has 1 atom stereocenters. The van der Waals surface area contributed by atoms with Gasteiger partial charge < -0.3 is 4.57 Å². The quantitative estimate of drug-likeness (QED) is 0.761. The Morgan fingerprint density at radius 2 is 2.27 bits per heavy atom. The van der Waals surface area contributed by atoms with Crippen molar-refractivity contribution in [1.29, 1.82) is 0 Å². The van der Waals surface area contributed by atoms with Crippen LogP contribution in [-0.4, -0.2) is 9.90 Å². The summed E-state index contributed by atoms with van der Waals surface area (Å²) in [7, 11) is 0. The SMILES string of the molecule is O=c1ccccn1C(Br)CBr. The van der Waals surface area contributed by atoms with Crippen molar-refractivity contribution in [1.82, 2.24) is 4.57 Å². The van der Waals surface area contributed by atoms with Crippen molar-refractivity contribution >= 4 is 31.9 Å². The Balaban J connectivity index is 3.03. The van der Waals surface area contributed by atoms with Crippen LogP contribution in [0.4, 0.5) is 0 Å². The second kappa shape index (κ2) is 4.07. The van der Waals surface area contributed by atoms with Gasteiger partial charge >= 0.3 is 0 Å². The number of halogens is 2. The molecule has 0 amide bonds. The molecule has 0 aliphatic rings. The summed E-state index contributed by atoms with van der Waals surface area (Å²) in [5.41, 5.74) is 0.00817. The van der Waals surface area contributed by atoms with Gasteiger partial charge in [0.2, 0.25) is 0 Å². The van der Waals surface area contributed by atoms with E-state index in [4.69, 9.17) is 0 Å². The molecule has 0 saturated carbocycles. The molecule has 0 saturated heterocycles. The summed E-state index contributed by atoms with van der Waals surface area (Å²) >= 11 is 6.63. The largest absolute Gasteiger partial charge is 0.302 e. The van der Waals surface area contributed by atoms with Gasteiger partial charge in [-0.15, -0.1) is 0 Å². The number of aromatic nitrogens is 1. The molecule has 60 valence electrons. The first kappa shape index (κ1) is 9.00. The van der Waals surface area contributed by atoms with Gasteiger partial charge in [0, 0.05) is 17.6 Å². The van der Waals surface area contributed by atoms with Gasteiger partial charge in [-0.1, -0.05) is 37.9 Å². The lowest BCUT2D eigenvalue weighted by molar-refractivity contribution is 0.730. The van der Waals surface area contributed by atoms with Crippen molar-refractivity contribution in [2.24, 2.45) is 0 Å². The predicted molar refractivity (Wildman–Crippen MR) is 52.5 cm³/mol. The number of rotatable bonds is 2. The second-order valence-corrected chi connectivity index (χ2v) is 3.74. The van der Waals surface area contributed by atoms with Crippen LogP contribution in [0.3, 0.4) is 0 Å². The summed E-state index contributed by atoms with van der Waals surface area (Å²) in [5, 5.41) is 0.719. The summed E-state index contributed by atoms with van der Waals surface area (Å²) in [4.78, 5) is 11.2. The van der Waals surface area contributed by atoms with E-state index in [1.165, 1.54) is 6.07 Å². The highest BCUT2D eigenvalue weighted by Crippen LogP contribution is 2.14. The maximum atomic E-state index is 11.1. The average molecular weight is 281 g/mol. The molecule has 0 fully saturated rings. The lowest BCUT2D eigenvalue weighted by atomic mass is 10.5. The molecule has 0 bridgehead atoms.